The number of aryl methyl sites for hydroxylation is 2. The quantitative estimate of drug-likeness (QED) is 0.361. The van der Waals surface area contributed by atoms with Crippen LogP contribution in [-0.2, 0) is 0 Å². The molecule has 2 heterocycles. The van der Waals surface area contributed by atoms with Gasteiger partial charge in [-0.1, -0.05) is 66.7 Å². The van der Waals surface area contributed by atoms with Crippen LogP contribution in [0.25, 0.3) is 33.6 Å². The molecular weight excluding hydrogens is 370 g/mol. The Hall–Kier alpha value is -3.92. The molecular formula is C26H21N3O. The summed E-state index contributed by atoms with van der Waals surface area (Å²) in [7, 11) is 0. The van der Waals surface area contributed by atoms with Gasteiger partial charge in [-0.25, -0.2) is 9.97 Å². The van der Waals surface area contributed by atoms with Crippen molar-refractivity contribution in [1.29, 1.82) is 0 Å². The van der Waals surface area contributed by atoms with E-state index in [2.05, 4.69) is 71.6 Å². The van der Waals surface area contributed by atoms with E-state index in [4.69, 9.17) is 4.42 Å². The zero-order valence-electron chi connectivity index (χ0n) is 16.9. The first-order valence-corrected chi connectivity index (χ1v) is 9.93. The van der Waals surface area contributed by atoms with Gasteiger partial charge in [-0.3, -0.25) is 0 Å². The lowest BCUT2D eigenvalue weighted by molar-refractivity contribution is 0.618. The van der Waals surface area contributed by atoms with Crippen molar-refractivity contribution in [1.82, 2.24) is 9.97 Å². The largest absolute Gasteiger partial charge is 0.437 e. The minimum absolute atomic E-state index is 0.564. The molecule has 0 radical (unpaired) electrons. The van der Waals surface area contributed by atoms with Gasteiger partial charge in [-0.05, 0) is 42.7 Å². The summed E-state index contributed by atoms with van der Waals surface area (Å²) >= 11 is 0. The maximum absolute atomic E-state index is 6.27. The second-order valence-corrected chi connectivity index (χ2v) is 7.44. The van der Waals surface area contributed by atoms with Gasteiger partial charge in [0.2, 0.25) is 5.71 Å². The normalized spacial score (nSPS) is 11.0. The molecule has 0 amide bonds. The third kappa shape index (κ3) is 3.33. The number of aromatic nitrogens is 2. The highest BCUT2D eigenvalue weighted by Crippen LogP contribution is 2.42. The van der Waals surface area contributed by atoms with E-state index in [1.165, 1.54) is 11.1 Å². The Morgan fingerprint density at radius 2 is 1.37 bits per heavy atom. The van der Waals surface area contributed by atoms with Crippen molar-refractivity contribution < 1.29 is 4.42 Å². The van der Waals surface area contributed by atoms with Crippen molar-refractivity contribution >= 4 is 22.6 Å². The van der Waals surface area contributed by atoms with Gasteiger partial charge in [-0.15, -0.1) is 0 Å². The fraction of sp³-hybridized carbons (Fsp3) is 0.0769. The van der Waals surface area contributed by atoms with Gasteiger partial charge in [-0.2, -0.15) is 0 Å². The maximum atomic E-state index is 6.27. The Morgan fingerprint density at radius 1 is 0.733 bits per heavy atom. The molecule has 0 spiro atoms. The summed E-state index contributed by atoms with van der Waals surface area (Å²) in [5.41, 5.74) is 7.01. The Labute approximate surface area is 175 Å². The average Bonchev–Trinajstić information content (AvgIpc) is 3.15. The molecule has 5 aromatic rings. The predicted octanol–water partition coefficient (Wildman–Crippen LogP) is 6.92. The molecule has 0 fully saturated rings. The van der Waals surface area contributed by atoms with E-state index in [1.807, 2.05) is 36.4 Å². The molecule has 0 saturated heterocycles. The molecule has 4 heteroatoms. The van der Waals surface area contributed by atoms with Crippen LogP contribution in [0.1, 0.15) is 11.1 Å². The lowest BCUT2D eigenvalue weighted by Crippen LogP contribution is -1.96. The summed E-state index contributed by atoms with van der Waals surface area (Å²) in [5.74, 6) is 1.52. The lowest BCUT2D eigenvalue weighted by atomic mass is 9.99. The number of nitrogens with zero attached hydrogens (tertiary/aromatic N) is 2. The Kier molecular flexibility index (Phi) is 4.52. The molecule has 0 unspecified atom stereocenters. The highest BCUT2D eigenvalue weighted by atomic mass is 16.3. The highest BCUT2D eigenvalue weighted by molar-refractivity contribution is 6.06. The Morgan fingerprint density at radius 3 is 2.03 bits per heavy atom. The van der Waals surface area contributed by atoms with Crippen molar-refractivity contribution in [2.24, 2.45) is 0 Å². The summed E-state index contributed by atoms with van der Waals surface area (Å²) < 4.78 is 6.27. The SMILES string of the molecule is Cc1cc(C)cc(Nc2ncnc3oc(-c4ccccc4)c(-c4ccccc4)c23)c1. The van der Waals surface area contributed by atoms with Crippen molar-refractivity contribution in [2.75, 3.05) is 5.32 Å². The molecule has 30 heavy (non-hydrogen) atoms. The van der Waals surface area contributed by atoms with Gasteiger partial charge in [0.05, 0.1) is 5.39 Å². The number of anilines is 2. The average molecular weight is 391 g/mol. The number of benzene rings is 3. The minimum atomic E-state index is 0.564. The van der Waals surface area contributed by atoms with Gasteiger partial charge >= 0.3 is 0 Å². The van der Waals surface area contributed by atoms with E-state index in [9.17, 15) is 0 Å². The van der Waals surface area contributed by atoms with E-state index in [0.717, 1.165) is 39.3 Å². The van der Waals surface area contributed by atoms with Gasteiger partial charge in [0.1, 0.15) is 17.9 Å². The Balaban J connectivity index is 1.76. The fourth-order valence-corrected chi connectivity index (χ4v) is 3.88. The summed E-state index contributed by atoms with van der Waals surface area (Å²) in [6.07, 6.45) is 1.54. The van der Waals surface area contributed by atoms with E-state index in [0.29, 0.717) is 5.71 Å². The maximum Gasteiger partial charge on any atom is 0.232 e. The standard InChI is InChI=1S/C26H21N3O/c1-17-13-18(2)15-21(14-17)29-25-23-22(19-9-5-3-6-10-19)24(20-11-7-4-8-12-20)30-26(23)28-16-27-25/h3-16H,1-2H3,(H,27,28,29). The zero-order chi connectivity index (χ0) is 20.5. The molecule has 0 saturated carbocycles. The number of fused-ring (bicyclic) bond motifs is 1. The summed E-state index contributed by atoms with van der Waals surface area (Å²) in [4.78, 5) is 9.01. The summed E-state index contributed by atoms with van der Waals surface area (Å²) in [6, 6.07) is 26.8. The molecule has 0 bridgehead atoms. The topological polar surface area (TPSA) is 51.0 Å². The lowest BCUT2D eigenvalue weighted by Gasteiger charge is -2.10. The van der Waals surface area contributed by atoms with Crippen LogP contribution in [0.15, 0.2) is 89.6 Å². The van der Waals surface area contributed by atoms with Crippen LogP contribution >= 0.6 is 0 Å². The van der Waals surface area contributed by atoms with Gasteiger partial charge < -0.3 is 9.73 Å². The summed E-state index contributed by atoms with van der Waals surface area (Å²) in [6.45, 7) is 4.18. The van der Waals surface area contributed by atoms with Crippen LogP contribution < -0.4 is 5.32 Å². The molecule has 0 aliphatic rings. The zero-order valence-corrected chi connectivity index (χ0v) is 16.9. The molecule has 4 nitrogen and oxygen atoms in total. The van der Waals surface area contributed by atoms with Crippen LogP contribution in [0, 0.1) is 13.8 Å². The molecule has 0 aliphatic carbocycles. The van der Waals surface area contributed by atoms with Crippen molar-refractivity contribution in [3.8, 4) is 22.5 Å². The number of rotatable bonds is 4. The first kappa shape index (κ1) is 18.1. The third-order valence-electron chi connectivity index (χ3n) is 5.07. The monoisotopic (exact) mass is 391 g/mol. The van der Waals surface area contributed by atoms with Crippen LogP contribution in [0.5, 0.6) is 0 Å². The van der Waals surface area contributed by atoms with E-state index >= 15 is 0 Å². The van der Waals surface area contributed by atoms with E-state index in [-0.39, 0.29) is 0 Å². The first-order valence-electron chi connectivity index (χ1n) is 9.93. The van der Waals surface area contributed by atoms with Gasteiger partial charge in [0, 0.05) is 16.8 Å². The second-order valence-electron chi connectivity index (χ2n) is 7.44. The summed E-state index contributed by atoms with van der Waals surface area (Å²) in [5, 5.41) is 4.37. The smallest absolute Gasteiger partial charge is 0.232 e. The molecule has 3 aromatic carbocycles. The molecule has 0 atom stereocenters. The molecule has 2 aromatic heterocycles. The molecule has 146 valence electrons. The second kappa shape index (κ2) is 7.48. The molecule has 0 aliphatic heterocycles. The predicted molar refractivity (Wildman–Crippen MR) is 122 cm³/mol. The molecule has 5 rings (SSSR count). The molecule has 1 N–H and O–H groups in total. The minimum Gasteiger partial charge on any atom is -0.437 e. The van der Waals surface area contributed by atoms with Crippen LogP contribution in [0.3, 0.4) is 0 Å². The van der Waals surface area contributed by atoms with E-state index < -0.39 is 0 Å². The number of furan rings is 1. The third-order valence-corrected chi connectivity index (χ3v) is 5.07. The van der Waals surface area contributed by atoms with E-state index in [1.54, 1.807) is 6.33 Å². The number of hydrogen-bond donors (Lipinski definition) is 1. The van der Waals surface area contributed by atoms with Crippen molar-refractivity contribution in [3.05, 3.63) is 96.3 Å². The Bertz CT molecular complexity index is 1300. The number of hydrogen-bond acceptors (Lipinski definition) is 4. The van der Waals surface area contributed by atoms with Crippen LogP contribution in [0.2, 0.25) is 0 Å². The van der Waals surface area contributed by atoms with Crippen molar-refractivity contribution in [2.45, 2.75) is 13.8 Å². The highest BCUT2D eigenvalue weighted by Gasteiger charge is 2.22. The van der Waals surface area contributed by atoms with Crippen LogP contribution in [-0.4, -0.2) is 9.97 Å². The van der Waals surface area contributed by atoms with Gasteiger partial charge in [0.15, 0.2) is 0 Å². The van der Waals surface area contributed by atoms with Crippen LogP contribution in [0.4, 0.5) is 11.5 Å². The number of nitrogens with one attached hydrogen (secondary N) is 1. The fourth-order valence-electron chi connectivity index (χ4n) is 3.88. The van der Waals surface area contributed by atoms with Crippen molar-refractivity contribution in [3.63, 3.8) is 0 Å². The van der Waals surface area contributed by atoms with Gasteiger partial charge in [0.25, 0.3) is 0 Å². The first-order chi connectivity index (χ1) is 14.7.